The van der Waals surface area contributed by atoms with E-state index in [0.29, 0.717) is 31.5 Å². The number of nitriles is 1. The third-order valence-corrected chi connectivity index (χ3v) is 8.39. The van der Waals surface area contributed by atoms with Crippen molar-refractivity contribution in [1.82, 2.24) is 20.4 Å². The maximum atomic E-state index is 15.1. The Hall–Kier alpha value is -2.77. The summed E-state index contributed by atoms with van der Waals surface area (Å²) in [5.41, 5.74) is -0.358. The first-order valence-corrected chi connectivity index (χ1v) is 13.6. The zero-order valence-corrected chi connectivity index (χ0v) is 22.2. The van der Waals surface area contributed by atoms with Gasteiger partial charge in [0, 0.05) is 39.6 Å². The number of carbonyl (C=O) groups excluding carboxylic acids is 2. The molecule has 0 radical (unpaired) electrons. The quantitative estimate of drug-likeness (QED) is 0.483. The average Bonchev–Trinajstić information content (AvgIpc) is 3.68. The number of methoxy groups -OCH3 is 1. The molecule has 8 nitrogen and oxygen atoms in total. The molecule has 2 N–H and O–H groups in total. The van der Waals surface area contributed by atoms with Gasteiger partial charge in [-0.05, 0) is 62.6 Å². The SMILES string of the molecule is COCCN1CCC2(CC1)CCN(C(=O)N[C@@H](CC(F)(F)Cc1ccccc1)C(=O)NC1(C#N)CC1)CC2. The van der Waals surface area contributed by atoms with Crippen LogP contribution >= 0.6 is 0 Å². The van der Waals surface area contributed by atoms with E-state index in [0.717, 1.165) is 51.9 Å². The molecule has 0 unspecified atom stereocenters. The van der Waals surface area contributed by atoms with Crippen LogP contribution < -0.4 is 10.6 Å². The molecular weight excluding hydrogens is 492 g/mol. The summed E-state index contributed by atoms with van der Waals surface area (Å²) in [7, 11) is 1.71. The van der Waals surface area contributed by atoms with Crippen molar-refractivity contribution in [1.29, 1.82) is 5.26 Å². The Morgan fingerprint density at radius 3 is 2.29 bits per heavy atom. The van der Waals surface area contributed by atoms with E-state index < -0.39 is 42.3 Å². The van der Waals surface area contributed by atoms with Crippen molar-refractivity contribution in [3.8, 4) is 6.07 Å². The standard InChI is InChI=1S/C28H39F2N5O3/c1-38-18-17-34-13-9-26(10-14-34)11-15-35(16-12-26)25(37)32-23(24(36)33-27(21-31)7-8-27)20-28(29,30)19-22-5-3-2-4-6-22/h2-6,23H,7-20H2,1H3,(H,32,37)(H,33,36)/t23-/m0/s1. The summed E-state index contributed by atoms with van der Waals surface area (Å²) in [5, 5.41) is 14.5. The van der Waals surface area contributed by atoms with Gasteiger partial charge < -0.3 is 25.2 Å². The number of amides is 3. The molecule has 10 heteroatoms. The minimum Gasteiger partial charge on any atom is -0.383 e. The van der Waals surface area contributed by atoms with Gasteiger partial charge in [0.2, 0.25) is 5.91 Å². The van der Waals surface area contributed by atoms with E-state index >= 15 is 8.78 Å². The van der Waals surface area contributed by atoms with E-state index in [2.05, 4.69) is 21.6 Å². The van der Waals surface area contributed by atoms with Crippen LogP contribution in [-0.2, 0) is 16.0 Å². The van der Waals surface area contributed by atoms with E-state index in [9.17, 15) is 14.9 Å². The number of alkyl halides is 2. The Labute approximate surface area is 223 Å². The second-order valence-corrected chi connectivity index (χ2v) is 11.2. The number of ether oxygens (including phenoxy) is 1. The summed E-state index contributed by atoms with van der Waals surface area (Å²) in [6, 6.07) is 8.46. The van der Waals surface area contributed by atoms with Gasteiger partial charge in [-0.2, -0.15) is 5.26 Å². The van der Waals surface area contributed by atoms with Gasteiger partial charge in [0.05, 0.1) is 12.7 Å². The maximum Gasteiger partial charge on any atom is 0.318 e. The second kappa shape index (κ2) is 12.0. The molecule has 1 aromatic rings. The van der Waals surface area contributed by atoms with Crippen LogP contribution in [0.4, 0.5) is 13.6 Å². The average molecular weight is 532 g/mol. The Balaban J connectivity index is 1.35. The molecular formula is C28H39F2N5O3. The molecule has 4 rings (SSSR count). The van der Waals surface area contributed by atoms with Gasteiger partial charge in [0.25, 0.3) is 5.92 Å². The zero-order valence-electron chi connectivity index (χ0n) is 22.2. The lowest BCUT2D eigenvalue weighted by Gasteiger charge is -2.47. The number of benzene rings is 1. The highest BCUT2D eigenvalue weighted by Crippen LogP contribution is 2.41. The second-order valence-electron chi connectivity index (χ2n) is 11.2. The molecule has 1 saturated carbocycles. The van der Waals surface area contributed by atoms with Crippen molar-refractivity contribution in [2.45, 2.75) is 68.9 Å². The predicted octanol–water partition coefficient (Wildman–Crippen LogP) is 3.33. The summed E-state index contributed by atoms with van der Waals surface area (Å²) >= 11 is 0. The number of nitrogens with one attached hydrogen (secondary N) is 2. The van der Waals surface area contributed by atoms with Gasteiger partial charge >= 0.3 is 6.03 Å². The molecule has 208 valence electrons. The predicted molar refractivity (Wildman–Crippen MR) is 139 cm³/mol. The molecule has 3 aliphatic rings. The highest BCUT2D eigenvalue weighted by molar-refractivity contribution is 5.88. The van der Waals surface area contributed by atoms with E-state index in [1.54, 1.807) is 42.3 Å². The zero-order chi connectivity index (χ0) is 27.2. The molecule has 2 heterocycles. The van der Waals surface area contributed by atoms with E-state index in [-0.39, 0.29) is 5.41 Å². The number of hydrogen-bond acceptors (Lipinski definition) is 5. The van der Waals surface area contributed by atoms with Crippen LogP contribution in [0.1, 0.15) is 50.5 Å². The Kier molecular flexibility index (Phi) is 8.89. The number of rotatable bonds is 10. The molecule has 1 spiro atoms. The minimum absolute atomic E-state index is 0.199. The van der Waals surface area contributed by atoms with Crippen LogP contribution in [0.2, 0.25) is 0 Å². The van der Waals surface area contributed by atoms with Crippen LogP contribution in [0.15, 0.2) is 30.3 Å². The van der Waals surface area contributed by atoms with Gasteiger partial charge in [0.1, 0.15) is 11.6 Å². The molecule has 2 saturated heterocycles. The van der Waals surface area contributed by atoms with Crippen LogP contribution in [0.5, 0.6) is 0 Å². The van der Waals surface area contributed by atoms with E-state index in [4.69, 9.17) is 4.74 Å². The van der Waals surface area contributed by atoms with Crippen LogP contribution in [0.25, 0.3) is 0 Å². The lowest BCUT2D eigenvalue weighted by atomic mass is 9.71. The fraction of sp³-hybridized carbons (Fsp3) is 0.679. The summed E-state index contributed by atoms with van der Waals surface area (Å²) in [6.07, 6.45) is 3.44. The summed E-state index contributed by atoms with van der Waals surface area (Å²) in [5.74, 6) is -3.95. The van der Waals surface area contributed by atoms with Gasteiger partial charge in [0.15, 0.2) is 0 Å². The van der Waals surface area contributed by atoms with Gasteiger partial charge in [-0.15, -0.1) is 0 Å². The van der Waals surface area contributed by atoms with Crippen molar-refractivity contribution in [2.75, 3.05) is 46.4 Å². The monoisotopic (exact) mass is 531 g/mol. The van der Waals surface area contributed by atoms with Crippen molar-refractivity contribution >= 4 is 11.9 Å². The Morgan fingerprint density at radius 1 is 1.08 bits per heavy atom. The molecule has 1 aromatic carbocycles. The van der Waals surface area contributed by atoms with Crippen molar-refractivity contribution in [3.63, 3.8) is 0 Å². The number of likely N-dealkylation sites (tertiary alicyclic amines) is 2. The highest BCUT2D eigenvalue weighted by Gasteiger charge is 2.47. The third-order valence-electron chi connectivity index (χ3n) is 8.39. The summed E-state index contributed by atoms with van der Waals surface area (Å²) < 4.78 is 35.3. The van der Waals surface area contributed by atoms with Crippen molar-refractivity contribution in [3.05, 3.63) is 35.9 Å². The van der Waals surface area contributed by atoms with Gasteiger partial charge in [-0.25, -0.2) is 13.6 Å². The molecule has 3 fully saturated rings. The molecule has 3 amide bonds. The van der Waals surface area contributed by atoms with Crippen LogP contribution in [0.3, 0.4) is 0 Å². The molecule has 38 heavy (non-hydrogen) atoms. The normalized spacial score (nSPS) is 21.4. The van der Waals surface area contributed by atoms with E-state index in [1.807, 2.05) is 0 Å². The van der Waals surface area contributed by atoms with Gasteiger partial charge in [-0.1, -0.05) is 30.3 Å². The topological polar surface area (TPSA) is 97.7 Å². The molecule has 1 atom stereocenters. The van der Waals surface area contributed by atoms with Crippen LogP contribution in [0, 0.1) is 16.7 Å². The first kappa shape index (κ1) is 28.2. The smallest absolute Gasteiger partial charge is 0.318 e. The number of hydrogen-bond donors (Lipinski definition) is 2. The fourth-order valence-corrected chi connectivity index (χ4v) is 5.58. The number of urea groups is 1. The summed E-state index contributed by atoms with van der Waals surface area (Å²) in [6.45, 7) is 4.72. The number of piperidine rings is 2. The van der Waals surface area contributed by atoms with Crippen molar-refractivity contribution < 1.29 is 23.1 Å². The number of carbonyl (C=O) groups is 2. The number of nitrogens with zero attached hydrogens (tertiary/aromatic N) is 3. The lowest BCUT2D eigenvalue weighted by Crippen LogP contribution is -2.57. The van der Waals surface area contributed by atoms with Crippen molar-refractivity contribution in [2.24, 2.45) is 5.41 Å². The first-order chi connectivity index (χ1) is 18.2. The maximum absolute atomic E-state index is 15.1. The lowest BCUT2D eigenvalue weighted by molar-refractivity contribution is -0.126. The van der Waals surface area contributed by atoms with Gasteiger partial charge in [-0.3, -0.25) is 4.79 Å². The number of halogens is 2. The Morgan fingerprint density at radius 2 is 1.71 bits per heavy atom. The molecule has 2 aliphatic heterocycles. The third kappa shape index (κ3) is 7.41. The largest absolute Gasteiger partial charge is 0.383 e. The highest BCUT2D eigenvalue weighted by atomic mass is 19.3. The Bertz CT molecular complexity index is 993. The first-order valence-electron chi connectivity index (χ1n) is 13.6. The summed E-state index contributed by atoms with van der Waals surface area (Å²) in [4.78, 5) is 30.2. The minimum atomic E-state index is -3.22. The molecule has 0 aromatic heterocycles. The molecule has 1 aliphatic carbocycles. The van der Waals surface area contributed by atoms with Crippen LogP contribution in [-0.4, -0.2) is 85.7 Å². The molecule has 0 bridgehead atoms. The fourth-order valence-electron chi connectivity index (χ4n) is 5.58. The van der Waals surface area contributed by atoms with E-state index in [1.165, 1.54) is 0 Å².